The summed E-state index contributed by atoms with van der Waals surface area (Å²) in [5.41, 5.74) is 0.973. The van der Waals surface area contributed by atoms with Gasteiger partial charge < -0.3 is 42.6 Å². The van der Waals surface area contributed by atoms with E-state index in [1.165, 1.54) is 19.2 Å². The van der Waals surface area contributed by atoms with E-state index in [1.807, 2.05) is 6.92 Å². The van der Waals surface area contributed by atoms with Crippen LogP contribution in [-0.2, 0) is 61.7 Å². The summed E-state index contributed by atoms with van der Waals surface area (Å²) in [5.74, 6) is -0.294. The van der Waals surface area contributed by atoms with Gasteiger partial charge in [-0.1, -0.05) is 17.7 Å². The highest BCUT2D eigenvalue weighted by Crippen LogP contribution is 2.12. The van der Waals surface area contributed by atoms with Gasteiger partial charge in [-0.15, -0.1) is 0 Å². The molecule has 41 heavy (non-hydrogen) atoms. The Morgan fingerprint density at radius 3 is 1.20 bits per heavy atom. The minimum Gasteiger partial charge on any atom is -0.469 e. The predicted octanol–water partition coefficient (Wildman–Crippen LogP) is 1.40. The van der Waals surface area contributed by atoms with E-state index in [2.05, 4.69) is 4.74 Å². The van der Waals surface area contributed by atoms with Crippen LogP contribution in [0.15, 0.2) is 29.2 Å². The van der Waals surface area contributed by atoms with Gasteiger partial charge >= 0.3 is 5.97 Å². The number of hydrogen-bond donors (Lipinski definition) is 0. The minimum atomic E-state index is -3.77. The van der Waals surface area contributed by atoms with Gasteiger partial charge in [0.1, 0.15) is 0 Å². The molecular weight excluding hydrogens is 564 g/mol. The lowest BCUT2D eigenvalue weighted by Crippen LogP contribution is -2.15. The minimum absolute atomic E-state index is 0.0619. The van der Waals surface area contributed by atoms with Crippen molar-refractivity contribution in [1.82, 2.24) is 0 Å². The summed E-state index contributed by atoms with van der Waals surface area (Å²) in [6.07, 6.45) is 0.236. The normalized spacial score (nSPS) is 11.7. The number of carbonyl (C=O) groups is 1. The van der Waals surface area contributed by atoms with Crippen LogP contribution in [0.5, 0.6) is 0 Å². The van der Waals surface area contributed by atoms with Crippen molar-refractivity contribution in [2.24, 2.45) is 0 Å². The fraction of sp³-hybridized carbons (Fsp3) is 0.741. The van der Waals surface area contributed by atoms with E-state index in [0.29, 0.717) is 99.1 Å². The molecule has 0 saturated carbocycles. The van der Waals surface area contributed by atoms with Gasteiger partial charge in [-0.05, 0) is 19.1 Å². The zero-order valence-corrected chi connectivity index (χ0v) is 25.1. The van der Waals surface area contributed by atoms with E-state index >= 15 is 0 Å². The van der Waals surface area contributed by atoms with Crippen LogP contribution in [0, 0.1) is 6.92 Å². The van der Waals surface area contributed by atoms with Gasteiger partial charge in [-0.25, -0.2) is 0 Å². The largest absolute Gasteiger partial charge is 0.469 e. The molecule has 238 valence electrons. The molecule has 1 rings (SSSR count). The Morgan fingerprint density at radius 1 is 0.537 bits per heavy atom. The Hall–Kier alpha value is -1.72. The fourth-order valence-electron chi connectivity index (χ4n) is 2.87. The number of rotatable bonds is 29. The van der Waals surface area contributed by atoms with Crippen molar-refractivity contribution >= 4 is 16.1 Å². The number of esters is 1. The Kier molecular flexibility index (Phi) is 23.6. The lowest BCUT2D eigenvalue weighted by Gasteiger charge is -2.09. The van der Waals surface area contributed by atoms with Gasteiger partial charge in [0.25, 0.3) is 10.1 Å². The van der Waals surface area contributed by atoms with Gasteiger partial charge in [0, 0.05) is 0 Å². The molecule has 0 N–H and O–H groups in total. The maximum atomic E-state index is 12.0. The summed E-state index contributed by atoms with van der Waals surface area (Å²) in [6.45, 7) is 8.38. The Bertz CT molecular complexity index is 849. The maximum Gasteiger partial charge on any atom is 0.307 e. The lowest BCUT2D eigenvalue weighted by atomic mass is 10.2. The van der Waals surface area contributed by atoms with Crippen LogP contribution in [0.2, 0.25) is 0 Å². The molecule has 0 aliphatic rings. The van der Waals surface area contributed by atoms with Gasteiger partial charge in [-0.3, -0.25) is 8.98 Å². The van der Waals surface area contributed by atoms with Crippen molar-refractivity contribution in [2.45, 2.75) is 18.2 Å². The van der Waals surface area contributed by atoms with E-state index in [0.717, 1.165) is 5.56 Å². The van der Waals surface area contributed by atoms with Crippen molar-refractivity contribution < 1.29 is 60.0 Å². The van der Waals surface area contributed by atoms with E-state index in [1.54, 1.807) is 12.1 Å². The Balaban J connectivity index is 1.72. The molecule has 0 spiro atoms. The van der Waals surface area contributed by atoms with E-state index in [4.69, 9.17) is 42.1 Å². The lowest BCUT2D eigenvalue weighted by molar-refractivity contribution is -0.141. The van der Waals surface area contributed by atoms with Crippen molar-refractivity contribution in [3.63, 3.8) is 0 Å². The van der Waals surface area contributed by atoms with Gasteiger partial charge in [0.15, 0.2) is 0 Å². The van der Waals surface area contributed by atoms with Crippen LogP contribution in [0.25, 0.3) is 0 Å². The Labute approximate surface area is 243 Å². The third-order valence-electron chi connectivity index (χ3n) is 5.06. The first kappa shape index (κ1) is 37.3. The third kappa shape index (κ3) is 22.5. The molecule has 0 aromatic heterocycles. The summed E-state index contributed by atoms with van der Waals surface area (Å²) >= 11 is 0. The maximum absolute atomic E-state index is 12.0. The molecule has 1 aromatic rings. The first-order valence-corrected chi connectivity index (χ1v) is 15.0. The zero-order valence-electron chi connectivity index (χ0n) is 24.3. The van der Waals surface area contributed by atoms with E-state index < -0.39 is 10.1 Å². The second-order valence-electron chi connectivity index (χ2n) is 8.31. The second-order valence-corrected chi connectivity index (χ2v) is 9.93. The summed E-state index contributed by atoms with van der Waals surface area (Å²) in [6, 6.07) is 6.47. The van der Waals surface area contributed by atoms with Crippen molar-refractivity contribution in [2.75, 3.05) is 119 Å². The van der Waals surface area contributed by atoms with Crippen LogP contribution in [0.4, 0.5) is 0 Å². The molecule has 0 saturated heterocycles. The SMILES string of the molecule is COC(=O)CCOCCOCCOCCOCCOCCOCCOCCOCCOS(=O)(=O)c1ccc(C)cc1. The monoisotopic (exact) mass is 610 g/mol. The number of ether oxygens (including phenoxy) is 9. The summed E-state index contributed by atoms with van der Waals surface area (Å²) in [7, 11) is -2.43. The molecule has 0 bridgehead atoms. The average Bonchev–Trinajstić information content (AvgIpc) is 2.96. The van der Waals surface area contributed by atoms with Gasteiger partial charge in [0.2, 0.25) is 0 Å². The van der Waals surface area contributed by atoms with E-state index in [9.17, 15) is 13.2 Å². The third-order valence-corrected chi connectivity index (χ3v) is 6.38. The highest BCUT2D eigenvalue weighted by atomic mass is 32.2. The van der Waals surface area contributed by atoms with E-state index in [-0.39, 0.29) is 30.5 Å². The highest BCUT2D eigenvalue weighted by molar-refractivity contribution is 7.86. The number of hydrogen-bond acceptors (Lipinski definition) is 13. The van der Waals surface area contributed by atoms with Gasteiger partial charge in [-0.2, -0.15) is 8.42 Å². The quantitative estimate of drug-likeness (QED) is 0.0733. The molecule has 0 fully saturated rings. The van der Waals surface area contributed by atoms with Crippen LogP contribution in [0.3, 0.4) is 0 Å². The number of aryl methyl sites for hydroxylation is 1. The Morgan fingerprint density at radius 2 is 0.854 bits per heavy atom. The summed E-state index contributed by atoms with van der Waals surface area (Å²) < 4.78 is 76.6. The average molecular weight is 611 g/mol. The smallest absolute Gasteiger partial charge is 0.307 e. The van der Waals surface area contributed by atoms with Crippen LogP contribution >= 0.6 is 0 Å². The molecular formula is C27H46O13S. The molecule has 1 aromatic carbocycles. The van der Waals surface area contributed by atoms with Crippen molar-refractivity contribution in [3.8, 4) is 0 Å². The van der Waals surface area contributed by atoms with Crippen LogP contribution in [-0.4, -0.2) is 134 Å². The standard InChI is InChI=1S/C27H46O13S/c1-25-3-5-26(6-4-25)41(29,30)40-24-23-39-22-21-38-20-19-37-18-17-36-16-15-35-14-13-34-12-11-33-10-9-32-8-7-27(28)31-2/h3-6H,7-24H2,1-2H3. The number of carbonyl (C=O) groups excluding carboxylic acids is 1. The molecule has 0 atom stereocenters. The molecule has 13 nitrogen and oxygen atoms in total. The molecule has 0 aliphatic heterocycles. The van der Waals surface area contributed by atoms with Crippen LogP contribution < -0.4 is 0 Å². The number of methoxy groups -OCH3 is 1. The molecule has 0 amide bonds. The molecule has 0 aliphatic carbocycles. The predicted molar refractivity (Wildman–Crippen MR) is 148 cm³/mol. The van der Waals surface area contributed by atoms with Crippen LogP contribution in [0.1, 0.15) is 12.0 Å². The summed E-state index contributed by atoms with van der Waals surface area (Å²) in [5, 5.41) is 0. The highest BCUT2D eigenvalue weighted by Gasteiger charge is 2.14. The molecule has 0 heterocycles. The summed E-state index contributed by atoms with van der Waals surface area (Å²) in [4.78, 5) is 11.0. The van der Waals surface area contributed by atoms with Gasteiger partial charge in [0.05, 0.1) is 131 Å². The first-order chi connectivity index (χ1) is 20.0. The second kappa shape index (κ2) is 25.9. The zero-order chi connectivity index (χ0) is 29.9. The molecule has 0 unspecified atom stereocenters. The van der Waals surface area contributed by atoms with Crippen molar-refractivity contribution in [1.29, 1.82) is 0 Å². The van der Waals surface area contributed by atoms with Crippen molar-refractivity contribution in [3.05, 3.63) is 29.8 Å². The molecule has 0 radical (unpaired) electrons. The topological polar surface area (TPSA) is 144 Å². The fourth-order valence-corrected chi connectivity index (χ4v) is 3.77. The molecule has 14 heteroatoms. The number of benzene rings is 1. The first-order valence-electron chi connectivity index (χ1n) is 13.6.